The maximum absolute atomic E-state index is 12.1. The van der Waals surface area contributed by atoms with E-state index < -0.39 is 21.5 Å². The number of nitrogens with zero attached hydrogens (tertiary/aromatic N) is 1. The number of nitriles is 1. The smallest absolute Gasteiger partial charge is 0.239 e. The maximum atomic E-state index is 12.1. The third kappa shape index (κ3) is 4.07. The lowest BCUT2D eigenvalue weighted by Gasteiger charge is -2.07. The first-order valence-electron chi connectivity index (χ1n) is 6.19. The van der Waals surface area contributed by atoms with E-state index in [1.54, 1.807) is 18.2 Å². The molecule has 0 saturated carbocycles. The summed E-state index contributed by atoms with van der Waals surface area (Å²) < 4.78 is 24.2. The van der Waals surface area contributed by atoms with Gasteiger partial charge < -0.3 is 5.32 Å². The van der Waals surface area contributed by atoms with Crippen LogP contribution >= 0.6 is 11.6 Å². The first kappa shape index (κ1) is 16.0. The predicted octanol–water partition coefficient (Wildman–Crippen LogP) is 2.62. The van der Waals surface area contributed by atoms with Crippen LogP contribution in [-0.2, 0) is 14.6 Å². The number of amides is 1. The molecule has 2 aromatic rings. The summed E-state index contributed by atoms with van der Waals surface area (Å²) in [5, 5.41) is 11.7. The van der Waals surface area contributed by atoms with Crippen molar-refractivity contribution in [2.45, 2.75) is 4.90 Å². The third-order valence-electron chi connectivity index (χ3n) is 2.77. The van der Waals surface area contributed by atoms with Crippen molar-refractivity contribution in [3.8, 4) is 6.07 Å². The Labute approximate surface area is 133 Å². The van der Waals surface area contributed by atoms with Crippen molar-refractivity contribution < 1.29 is 13.2 Å². The van der Waals surface area contributed by atoms with Crippen LogP contribution in [0.1, 0.15) is 5.56 Å². The molecular weight excluding hydrogens is 324 g/mol. The van der Waals surface area contributed by atoms with Crippen LogP contribution in [0.15, 0.2) is 53.4 Å². The summed E-state index contributed by atoms with van der Waals surface area (Å²) in [6, 6.07) is 13.8. The lowest BCUT2D eigenvalue weighted by atomic mass is 10.2. The van der Waals surface area contributed by atoms with Gasteiger partial charge in [0.1, 0.15) is 5.75 Å². The second kappa shape index (κ2) is 6.60. The van der Waals surface area contributed by atoms with Gasteiger partial charge in [0.15, 0.2) is 9.84 Å². The molecule has 0 aliphatic heterocycles. The lowest BCUT2D eigenvalue weighted by Crippen LogP contribution is -2.23. The Morgan fingerprint density at radius 3 is 2.50 bits per heavy atom. The minimum absolute atomic E-state index is 0.0258. The number of anilines is 1. The van der Waals surface area contributed by atoms with Crippen molar-refractivity contribution in [1.29, 1.82) is 5.26 Å². The van der Waals surface area contributed by atoms with E-state index in [9.17, 15) is 13.2 Å². The van der Waals surface area contributed by atoms with Gasteiger partial charge in [0.2, 0.25) is 5.91 Å². The molecule has 22 heavy (non-hydrogen) atoms. The average Bonchev–Trinajstić information content (AvgIpc) is 2.47. The van der Waals surface area contributed by atoms with E-state index in [0.29, 0.717) is 16.3 Å². The second-order valence-corrected chi connectivity index (χ2v) is 6.88. The van der Waals surface area contributed by atoms with Crippen molar-refractivity contribution in [3.63, 3.8) is 0 Å². The van der Waals surface area contributed by atoms with Crippen molar-refractivity contribution in [2.75, 3.05) is 11.1 Å². The van der Waals surface area contributed by atoms with Crippen LogP contribution < -0.4 is 5.32 Å². The zero-order chi connectivity index (χ0) is 16.2. The second-order valence-electron chi connectivity index (χ2n) is 4.45. The van der Waals surface area contributed by atoms with E-state index in [-0.39, 0.29) is 4.90 Å². The van der Waals surface area contributed by atoms with Gasteiger partial charge in [0.25, 0.3) is 0 Å². The fraction of sp³-hybridized carbons (Fsp3) is 0.0667. The van der Waals surface area contributed by atoms with Crippen molar-refractivity contribution >= 4 is 33.0 Å². The van der Waals surface area contributed by atoms with Crippen LogP contribution in [0.4, 0.5) is 5.69 Å². The first-order valence-corrected chi connectivity index (χ1v) is 8.22. The fourth-order valence-electron chi connectivity index (χ4n) is 1.76. The number of nitrogens with one attached hydrogen (secondary N) is 1. The Morgan fingerprint density at radius 1 is 1.18 bits per heavy atom. The average molecular weight is 335 g/mol. The number of hydrogen-bond acceptors (Lipinski definition) is 4. The molecular formula is C15H11ClN2O3S. The molecule has 1 N–H and O–H groups in total. The van der Waals surface area contributed by atoms with E-state index >= 15 is 0 Å². The molecule has 0 heterocycles. The van der Waals surface area contributed by atoms with Crippen LogP contribution in [0, 0.1) is 11.3 Å². The number of hydrogen-bond donors (Lipinski definition) is 1. The van der Waals surface area contributed by atoms with Gasteiger partial charge in [0, 0.05) is 10.7 Å². The van der Waals surface area contributed by atoms with Gasteiger partial charge in [-0.3, -0.25) is 4.79 Å². The standard InChI is InChI=1S/C15H11ClN2O3S/c16-12-4-6-14(7-5-12)22(20,21)10-15(19)18-13-3-1-2-11(8-13)9-17/h1-8H,10H2,(H,18,19). The fourth-order valence-corrected chi connectivity index (χ4v) is 3.02. The van der Waals surface area contributed by atoms with Crippen molar-refractivity contribution in [2.24, 2.45) is 0 Å². The number of benzene rings is 2. The van der Waals surface area contributed by atoms with Crippen molar-refractivity contribution in [3.05, 3.63) is 59.1 Å². The van der Waals surface area contributed by atoms with Gasteiger partial charge in [-0.1, -0.05) is 17.7 Å². The molecule has 5 nitrogen and oxygen atoms in total. The van der Waals surface area contributed by atoms with Gasteiger partial charge in [-0.05, 0) is 42.5 Å². The molecule has 0 bridgehead atoms. The molecule has 0 aliphatic rings. The summed E-state index contributed by atoms with van der Waals surface area (Å²) in [5.41, 5.74) is 0.744. The van der Waals surface area contributed by atoms with Gasteiger partial charge in [0.05, 0.1) is 16.5 Å². The van der Waals surface area contributed by atoms with Crippen LogP contribution in [-0.4, -0.2) is 20.1 Å². The van der Waals surface area contributed by atoms with Gasteiger partial charge in [-0.2, -0.15) is 5.26 Å². The Kier molecular flexibility index (Phi) is 4.81. The van der Waals surface area contributed by atoms with Crippen molar-refractivity contribution in [1.82, 2.24) is 0 Å². The molecule has 0 fully saturated rings. The largest absolute Gasteiger partial charge is 0.325 e. The first-order chi connectivity index (χ1) is 10.4. The monoisotopic (exact) mass is 334 g/mol. The summed E-state index contributed by atoms with van der Waals surface area (Å²) in [4.78, 5) is 11.9. The summed E-state index contributed by atoms with van der Waals surface area (Å²) in [6.07, 6.45) is 0. The number of rotatable bonds is 4. The van der Waals surface area contributed by atoms with Gasteiger partial charge in [-0.25, -0.2) is 8.42 Å². The molecule has 0 atom stereocenters. The van der Waals surface area contributed by atoms with Gasteiger partial charge in [-0.15, -0.1) is 0 Å². The number of carbonyl (C=O) groups excluding carboxylic acids is 1. The minimum Gasteiger partial charge on any atom is -0.325 e. The summed E-state index contributed by atoms with van der Waals surface area (Å²) in [6.45, 7) is 0. The third-order valence-corrected chi connectivity index (χ3v) is 4.65. The van der Waals surface area contributed by atoms with Gasteiger partial charge >= 0.3 is 0 Å². The Balaban J connectivity index is 2.11. The van der Waals surface area contributed by atoms with E-state index in [1.807, 2.05) is 6.07 Å². The molecule has 2 aromatic carbocycles. The highest BCUT2D eigenvalue weighted by atomic mass is 35.5. The quantitative estimate of drug-likeness (QED) is 0.931. The SMILES string of the molecule is N#Cc1cccc(NC(=O)CS(=O)(=O)c2ccc(Cl)cc2)c1. The molecule has 0 aromatic heterocycles. The number of carbonyl (C=O) groups is 1. The Hall–Kier alpha value is -2.36. The molecule has 0 spiro atoms. The predicted molar refractivity (Wildman–Crippen MR) is 83.3 cm³/mol. The highest BCUT2D eigenvalue weighted by molar-refractivity contribution is 7.92. The molecule has 7 heteroatoms. The van der Waals surface area contributed by atoms with Crippen LogP contribution in [0.3, 0.4) is 0 Å². The number of halogens is 1. The van der Waals surface area contributed by atoms with Crippen LogP contribution in [0.25, 0.3) is 0 Å². The lowest BCUT2D eigenvalue weighted by molar-refractivity contribution is -0.113. The van der Waals surface area contributed by atoms with E-state index in [0.717, 1.165) is 0 Å². The summed E-state index contributed by atoms with van der Waals surface area (Å²) >= 11 is 5.70. The molecule has 0 radical (unpaired) electrons. The normalized spacial score (nSPS) is 10.7. The Bertz CT molecular complexity index is 840. The molecule has 0 saturated heterocycles. The minimum atomic E-state index is -3.75. The van der Waals surface area contributed by atoms with E-state index in [1.165, 1.54) is 30.3 Å². The highest BCUT2D eigenvalue weighted by Crippen LogP contribution is 2.16. The van der Waals surface area contributed by atoms with Crippen LogP contribution in [0.2, 0.25) is 5.02 Å². The number of sulfone groups is 1. The molecule has 112 valence electrons. The Morgan fingerprint density at radius 2 is 1.86 bits per heavy atom. The highest BCUT2D eigenvalue weighted by Gasteiger charge is 2.19. The molecule has 2 rings (SSSR count). The van der Waals surface area contributed by atoms with E-state index in [4.69, 9.17) is 16.9 Å². The van der Waals surface area contributed by atoms with Crippen LogP contribution in [0.5, 0.6) is 0 Å². The summed E-state index contributed by atoms with van der Waals surface area (Å²) in [5.74, 6) is -1.36. The maximum Gasteiger partial charge on any atom is 0.239 e. The molecule has 0 unspecified atom stereocenters. The zero-order valence-electron chi connectivity index (χ0n) is 11.3. The molecule has 1 amide bonds. The zero-order valence-corrected chi connectivity index (χ0v) is 12.9. The molecule has 0 aliphatic carbocycles. The topological polar surface area (TPSA) is 87.0 Å². The summed E-state index contributed by atoms with van der Waals surface area (Å²) in [7, 11) is -3.75. The van der Waals surface area contributed by atoms with E-state index in [2.05, 4.69) is 5.32 Å².